The van der Waals surface area contributed by atoms with Gasteiger partial charge in [-0.15, -0.1) is 0 Å². The number of nitrogens with zero attached hydrogens (tertiary/aromatic N) is 2. The standard InChI is InChI=1S/C37H31F2N3O5S/c1-21-7-5-6-8-29(21)41-35(43)33-22(2)40-37-42(34(33)24-10-13-27(45-3)14-11-24)36(44)32(48-37)18-23-9-15-30(46-4)25(17-23)20-47-31-16-12-26(38)19-28(31)39/h5-19,34H,20H2,1-4H3,(H,41,43)/t34-/m1/s1. The molecular formula is C37H31F2N3O5S. The van der Waals surface area contributed by atoms with Gasteiger partial charge in [-0.25, -0.2) is 13.8 Å². The molecule has 0 aliphatic carbocycles. The fraction of sp³-hybridized carbons (Fsp3) is 0.162. The van der Waals surface area contributed by atoms with E-state index in [-0.39, 0.29) is 23.8 Å². The molecule has 1 aromatic heterocycles. The average molecular weight is 668 g/mol. The molecule has 0 spiro atoms. The molecule has 0 radical (unpaired) electrons. The summed E-state index contributed by atoms with van der Waals surface area (Å²) in [6, 6.07) is 22.3. The number of carbonyl (C=O) groups excluding carboxylic acids is 1. The van der Waals surface area contributed by atoms with Gasteiger partial charge in [0, 0.05) is 17.3 Å². The summed E-state index contributed by atoms with van der Waals surface area (Å²) < 4.78 is 46.0. The molecule has 5 aromatic rings. The number of carbonyl (C=O) groups is 1. The summed E-state index contributed by atoms with van der Waals surface area (Å²) in [6.45, 7) is 3.61. The third-order valence-corrected chi connectivity index (χ3v) is 8.95. The number of thiazole rings is 1. The van der Waals surface area contributed by atoms with Crippen LogP contribution in [0.3, 0.4) is 0 Å². The van der Waals surface area contributed by atoms with Gasteiger partial charge in [-0.3, -0.25) is 14.2 Å². The number of hydrogen-bond acceptors (Lipinski definition) is 7. The van der Waals surface area contributed by atoms with E-state index in [9.17, 15) is 18.4 Å². The number of aromatic nitrogens is 1. The summed E-state index contributed by atoms with van der Waals surface area (Å²) in [5.74, 6) is -0.856. The first-order valence-corrected chi connectivity index (χ1v) is 15.8. The van der Waals surface area contributed by atoms with Crippen molar-refractivity contribution in [2.24, 2.45) is 4.99 Å². The van der Waals surface area contributed by atoms with Crippen molar-refractivity contribution in [1.82, 2.24) is 4.57 Å². The molecule has 1 atom stereocenters. The van der Waals surface area contributed by atoms with Crippen molar-refractivity contribution in [3.63, 3.8) is 0 Å². The number of benzene rings is 4. The smallest absolute Gasteiger partial charge is 0.271 e. The van der Waals surface area contributed by atoms with E-state index in [4.69, 9.17) is 19.2 Å². The van der Waals surface area contributed by atoms with E-state index in [0.717, 1.165) is 17.7 Å². The van der Waals surface area contributed by atoms with Crippen molar-refractivity contribution in [3.05, 3.63) is 150 Å². The molecule has 244 valence electrons. The molecule has 4 aromatic carbocycles. The number of fused-ring (bicyclic) bond motifs is 1. The molecule has 11 heteroatoms. The fourth-order valence-electron chi connectivity index (χ4n) is 5.52. The first-order valence-electron chi connectivity index (χ1n) is 14.9. The number of amides is 1. The van der Waals surface area contributed by atoms with Gasteiger partial charge in [0.15, 0.2) is 16.4 Å². The summed E-state index contributed by atoms with van der Waals surface area (Å²) in [5.41, 5.74) is 4.04. The van der Waals surface area contributed by atoms with E-state index in [1.54, 1.807) is 55.0 Å². The number of allylic oxidation sites excluding steroid dienone is 1. The van der Waals surface area contributed by atoms with Crippen LogP contribution in [0.15, 0.2) is 106 Å². The molecule has 0 fully saturated rings. The molecule has 0 bridgehead atoms. The molecule has 1 aliphatic rings. The second-order valence-corrected chi connectivity index (χ2v) is 12.1. The quantitative estimate of drug-likeness (QED) is 0.207. The number of ether oxygens (including phenoxy) is 3. The van der Waals surface area contributed by atoms with Crippen LogP contribution >= 0.6 is 11.3 Å². The number of halogens is 2. The summed E-state index contributed by atoms with van der Waals surface area (Å²) in [6.07, 6.45) is 1.72. The molecule has 0 saturated carbocycles. The van der Waals surface area contributed by atoms with Crippen LogP contribution in [0.2, 0.25) is 0 Å². The summed E-state index contributed by atoms with van der Waals surface area (Å²) in [7, 11) is 3.07. The lowest BCUT2D eigenvalue weighted by Crippen LogP contribution is -2.40. The zero-order chi connectivity index (χ0) is 33.9. The van der Waals surface area contributed by atoms with Crippen molar-refractivity contribution >= 4 is 29.0 Å². The molecule has 0 unspecified atom stereocenters. The summed E-state index contributed by atoms with van der Waals surface area (Å²) >= 11 is 1.21. The number of methoxy groups -OCH3 is 2. The number of anilines is 1. The van der Waals surface area contributed by atoms with Gasteiger partial charge in [0.1, 0.15) is 23.9 Å². The highest BCUT2D eigenvalue weighted by molar-refractivity contribution is 7.07. The van der Waals surface area contributed by atoms with Crippen LogP contribution in [0.5, 0.6) is 17.2 Å². The second kappa shape index (κ2) is 13.7. The van der Waals surface area contributed by atoms with Crippen molar-refractivity contribution in [2.75, 3.05) is 19.5 Å². The van der Waals surface area contributed by atoms with Crippen LogP contribution in [0.4, 0.5) is 14.5 Å². The molecular weight excluding hydrogens is 636 g/mol. The lowest BCUT2D eigenvalue weighted by Gasteiger charge is -2.25. The van der Waals surface area contributed by atoms with Gasteiger partial charge < -0.3 is 19.5 Å². The predicted molar refractivity (Wildman–Crippen MR) is 180 cm³/mol. The highest BCUT2D eigenvalue weighted by Crippen LogP contribution is 2.32. The normalized spacial score (nSPS) is 14.3. The molecule has 1 aliphatic heterocycles. The van der Waals surface area contributed by atoms with Crippen molar-refractivity contribution in [1.29, 1.82) is 0 Å². The number of nitrogens with one attached hydrogen (secondary N) is 1. The zero-order valence-electron chi connectivity index (χ0n) is 26.5. The van der Waals surface area contributed by atoms with Crippen molar-refractivity contribution in [2.45, 2.75) is 26.5 Å². The Kier molecular flexibility index (Phi) is 9.22. The topological polar surface area (TPSA) is 91.2 Å². The maximum Gasteiger partial charge on any atom is 0.271 e. The summed E-state index contributed by atoms with van der Waals surface area (Å²) in [5, 5.41) is 3.01. The molecule has 48 heavy (non-hydrogen) atoms. The number of para-hydroxylation sites is 1. The number of hydrogen-bond donors (Lipinski definition) is 1. The maximum atomic E-state index is 14.2. The van der Waals surface area contributed by atoms with Gasteiger partial charge in [0.25, 0.3) is 11.5 Å². The zero-order valence-corrected chi connectivity index (χ0v) is 27.4. The van der Waals surface area contributed by atoms with Gasteiger partial charge >= 0.3 is 0 Å². The minimum Gasteiger partial charge on any atom is -0.497 e. The lowest BCUT2D eigenvalue weighted by molar-refractivity contribution is -0.113. The molecule has 6 rings (SSSR count). The van der Waals surface area contributed by atoms with Gasteiger partial charge in [-0.1, -0.05) is 47.7 Å². The fourth-order valence-corrected chi connectivity index (χ4v) is 6.56. The Morgan fingerprint density at radius 3 is 2.42 bits per heavy atom. The number of rotatable bonds is 9. The van der Waals surface area contributed by atoms with Crippen LogP contribution in [-0.4, -0.2) is 24.7 Å². The van der Waals surface area contributed by atoms with Crippen molar-refractivity contribution in [3.8, 4) is 17.2 Å². The molecule has 0 saturated heterocycles. The van der Waals surface area contributed by atoms with Gasteiger partial charge in [0.05, 0.1) is 36.1 Å². The first kappa shape index (κ1) is 32.4. The molecule has 2 heterocycles. The van der Waals surface area contributed by atoms with E-state index >= 15 is 0 Å². The van der Waals surface area contributed by atoms with Crippen LogP contribution in [0.25, 0.3) is 6.08 Å². The lowest BCUT2D eigenvalue weighted by atomic mass is 9.95. The third kappa shape index (κ3) is 6.50. The van der Waals surface area contributed by atoms with Gasteiger partial charge in [-0.2, -0.15) is 0 Å². The average Bonchev–Trinajstić information content (AvgIpc) is 3.38. The van der Waals surface area contributed by atoms with Gasteiger partial charge in [-0.05, 0) is 79.1 Å². The molecule has 1 N–H and O–H groups in total. The molecule has 1 amide bonds. The van der Waals surface area contributed by atoms with E-state index < -0.39 is 17.7 Å². The van der Waals surface area contributed by atoms with Crippen LogP contribution in [0.1, 0.15) is 35.2 Å². The maximum absolute atomic E-state index is 14.2. The highest BCUT2D eigenvalue weighted by Gasteiger charge is 2.32. The minimum atomic E-state index is -0.820. The Bertz CT molecular complexity index is 2240. The van der Waals surface area contributed by atoms with Crippen LogP contribution in [-0.2, 0) is 11.4 Å². The third-order valence-electron chi connectivity index (χ3n) is 7.97. The summed E-state index contributed by atoms with van der Waals surface area (Å²) in [4.78, 5) is 33.3. The van der Waals surface area contributed by atoms with E-state index in [0.29, 0.717) is 54.5 Å². The van der Waals surface area contributed by atoms with E-state index in [2.05, 4.69) is 5.32 Å². The highest BCUT2D eigenvalue weighted by atomic mass is 32.1. The van der Waals surface area contributed by atoms with E-state index in [1.807, 2.05) is 43.3 Å². The Hall–Kier alpha value is -5.55. The Morgan fingerprint density at radius 2 is 1.71 bits per heavy atom. The van der Waals surface area contributed by atoms with E-state index in [1.165, 1.54) is 24.5 Å². The number of aryl methyl sites for hydroxylation is 1. The Labute approximate surface area is 278 Å². The predicted octanol–water partition coefficient (Wildman–Crippen LogP) is 6.06. The second-order valence-electron chi connectivity index (χ2n) is 11.1. The minimum absolute atomic E-state index is 0.0648. The monoisotopic (exact) mass is 667 g/mol. The Morgan fingerprint density at radius 1 is 0.958 bits per heavy atom. The van der Waals surface area contributed by atoms with Crippen molar-refractivity contribution < 1.29 is 27.8 Å². The SMILES string of the molecule is COc1ccc([C@@H]2C(C(=O)Nc3ccccc3C)=C(C)N=c3sc(=Cc4ccc(OC)c(COc5ccc(F)cc5F)c4)c(=O)n32)cc1. The first-order chi connectivity index (χ1) is 23.2. The molecule has 8 nitrogen and oxygen atoms in total. The van der Waals surface area contributed by atoms with Crippen LogP contribution < -0.4 is 34.4 Å². The largest absolute Gasteiger partial charge is 0.497 e. The Balaban J connectivity index is 1.41. The van der Waals surface area contributed by atoms with Gasteiger partial charge in [0.2, 0.25) is 0 Å². The van der Waals surface area contributed by atoms with Crippen LogP contribution in [0, 0.1) is 18.6 Å².